The SMILES string of the molecule is CN=C(NCCc1cccc(C(=O)NC)c1)NC1CCN(c2cccs2)CC1. The van der Waals surface area contributed by atoms with Crippen LogP contribution in [0, 0.1) is 0 Å². The third-order valence-corrected chi connectivity index (χ3v) is 5.93. The van der Waals surface area contributed by atoms with Crippen molar-refractivity contribution in [2.75, 3.05) is 38.6 Å². The number of thiophene rings is 1. The van der Waals surface area contributed by atoms with E-state index < -0.39 is 0 Å². The van der Waals surface area contributed by atoms with Crippen molar-refractivity contribution in [3.05, 3.63) is 52.9 Å². The molecule has 2 aromatic rings. The monoisotopic (exact) mass is 399 g/mol. The van der Waals surface area contributed by atoms with Crippen molar-refractivity contribution in [2.24, 2.45) is 4.99 Å². The second-order valence-corrected chi connectivity index (χ2v) is 7.81. The first-order valence-corrected chi connectivity index (χ1v) is 10.6. The molecule has 3 rings (SSSR count). The van der Waals surface area contributed by atoms with E-state index in [0.29, 0.717) is 11.6 Å². The summed E-state index contributed by atoms with van der Waals surface area (Å²) in [4.78, 5) is 18.6. The number of carbonyl (C=O) groups is 1. The first-order valence-electron chi connectivity index (χ1n) is 9.76. The maximum Gasteiger partial charge on any atom is 0.251 e. The first kappa shape index (κ1) is 20.2. The highest BCUT2D eigenvalue weighted by Gasteiger charge is 2.20. The fourth-order valence-corrected chi connectivity index (χ4v) is 4.21. The normalized spacial score (nSPS) is 15.4. The maximum absolute atomic E-state index is 11.8. The van der Waals surface area contributed by atoms with E-state index >= 15 is 0 Å². The van der Waals surface area contributed by atoms with Gasteiger partial charge in [0.1, 0.15) is 0 Å². The summed E-state index contributed by atoms with van der Waals surface area (Å²) >= 11 is 1.81. The van der Waals surface area contributed by atoms with E-state index in [4.69, 9.17) is 0 Å². The Morgan fingerprint density at radius 1 is 1.25 bits per heavy atom. The number of piperidine rings is 1. The van der Waals surface area contributed by atoms with Crippen molar-refractivity contribution in [2.45, 2.75) is 25.3 Å². The van der Waals surface area contributed by atoms with Crippen molar-refractivity contribution >= 4 is 28.2 Å². The fraction of sp³-hybridized carbons (Fsp3) is 0.429. The molecular weight excluding hydrogens is 370 g/mol. The lowest BCUT2D eigenvalue weighted by Crippen LogP contribution is -2.49. The number of nitrogens with zero attached hydrogens (tertiary/aromatic N) is 2. The van der Waals surface area contributed by atoms with Crippen LogP contribution in [0.3, 0.4) is 0 Å². The Hall–Kier alpha value is -2.54. The number of amides is 1. The summed E-state index contributed by atoms with van der Waals surface area (Å²) in [5.41, 5.74) is 1.83. The van der Waals surface area contributed by atoms with E-state index in [9.17, 15) is 4.79 Å². The molecule has 1 fully saturated rings. The minimum absolute atomic E-state index is 0.0545. The van der Waals surface area contributed by atoms with Gasteiger partial charge >= 0.3 is 0 Å². The molecule has 0 bridgehead atoms. The van der Waals surface area contributed by atoms with Gasteiger partial charge in [0.2, 0.25) is 0 Å². The number of carbonyl (C=O) groups excluding carboxylic acids is 1. The average molecular weight is 400 g/mol. The number of hydrogen-bond acceptors (Lipinski definition) is 4. The topological polar surface area (TPSA) is 68.8 Å². The van der Waals surface area contributed by atoms with Crippen molar-refractivity contribution in [3.8, 4) is 0 Å². The lowest BCUT2D eigenvalue weighted by Gasteiger charge is -2.33. The number of guanidine groups is 1. The number of hydrogen-bond donors (Lipinski definition) is 3. The van der Waals surface area contributed by atoms with E-state index in [0.717, 1.165) is 50.4 Å². The number of anilines is 1. The van der Waals surface area contributed by atoms with Gasteiger partial charge in [-0.3, -0.25) is 9.79 Å². The number of aliphatic imine (C=N–C) groups is 1. The molecule has 7 heteroatoms. The second-order valence-electron chi connectivity index (χ2n) is 6.89. The quantitative estimate of drug-likeness (QED) is 0.516. The van der Waals surface area contributed by atoms with E-state index in [1.807, 2.05) is 31.3 Å². The van der Waals surface area contributed by atoms with Gasteiger partial charge in [-0.05, 0) is 54.5 Å². The largest absolute Gasteiger partial charge is 0.363 e. The fourth-order valence-electron chi connectivity index (χ4n) is 3.42. The Kier molecular flexibility index (Phi) is 7.31. The Morgan fingerprint density at radius 2 is 2.07 bits per heavy atom. The molecule has 0 radical (unpaired) electrons. The number of rotatable bonds is 6. The Morgan fingerprint density at radius 3 is 2.75 bits per heavy atom. The molecule has 3 N–H and O–H groups in total. The summed E-state index contributed by atoms with van der Waals surface area (Å²) in [6.45, 7) is 2.91. The summed E-state index contributed by atoms with van der Waals surface area (Å²) in [7, 11) is 3.46. The third-order valence-electron chi connectivity index (χ3n) is 5.00. The van der Waals surface area contributed by atoms with Crippen molar-refractivity contribution in [1.29, 1.82) is 0 Å². The highest BCUT2D eigenvalue weighted by atomic mass is 32.1. The second kappa shape index (κ2) is 10.1. The summed E-state index contributed by atoms with van der Waals surface area (Å²) < 4.78 is 0. The molecule has 6 nitrogen and oxygen atoms in total. The predicted molar refractivity (Wildman–Crippen MR) is 118 cm³/mol. The van der Waals surface area contributed by atoms with E-state index in [1.54, 1.807) is 18.4 Å². The van der Waals surface area contributed by atoms with Crippen LogP contribution in [0.2, 0.25) is 0 Å². The van der Waals surface area contributed by atoms with Gasteiger partial charge in [-0.25, -0.2) is 0 Å². The lowest BCUT2D eigenvalue weighted by molar-refractivity contribution is 0.0963. The van der Waals surface area contributed by atoms with Gasteiger partial charge in [-0.1, -0.05) is 12.1 Å². The maximum atomic E-state index is 11.8. The highest BCUT2D eigenvalue weighted by molar-refractivity contribution is 7.14. The summed E-state index contributed by atoms with van der Waals surface area (Å²) in [6.07, 6.45) is 3.04. The summed E-state index contributed by atoms with van der Waals surface area (Å²) in [5, 5.41) is 13.1. The number of benzene rings is 1. The van der Waals surface area contributed by atoms with Crippen LogP contribution in [0.25, 0.3) is 0 Å². The molecule has 0 spiro atoms. The Balaban J connectivity index is 1.42. The minimum Gasteiger partial charge on any atom is -0.363 e. The highest BCUT2D eigenvalue weighted by Crippen LogP contribution is 2.24. The van der Waals surface area contributed by atoms with E-state index in [-0.39, 0.29) is 5.91 Å². The summed E-state index contributed by atoms with van der Waals surface area (Å²) in [5.74, 6) is 0.790. The van der Waals surface area contributed by atoms with Crippen LogP contribution in [0.15, 0.2) is 46.8 Å². The molecule has 28 heavy (non-hydrogen) atoms. The summed E-state index contributed by atoms with van der Waals surface area (Å²) in [6, 6.07) is 12.5. The minimum atomic E-state index is -0.0545. The van der Waals surface area contributed by atoms with Crippen molar-refractivity contribution in [1.82, 2.24) is 16.0 Å². The molecule has 2 heterocycles. The van der Waals surface area contributed by atoms with Crippen LogP contribution in [0.1, 0.15) is 28.8 Å². The van der Waals surface area contributed by atoms with Gasteiger partial charge in [0.15, 0.2) is 5.96 Å². The molecule has 0 atom stereocenters. The predicted octanol–water partition coefficient (Wildman–Crippen LogP) is 2.48. The smallest absolute Gasteiger partial charge is 0.251 e. The Bertz CT molecular complexity index is 782. The van der Waals surface area contributed by atoms with Gasteiger partial charge in [0.25, 0.3) is 5.91 Å². The molecule has 1 aromatic heterocycles. The molecule has 1 aliphatic heterocycles. The molecule has 1 amide bonds. The molecular formula is C21H29N5OS. The van der Waals surface area contributed by atoms with Crippen LogP contribution in [-0.4, -0.2) is 51.6 Å². The van der Waals surface area contributed by atoms with Gasteiger partial charge < -0.3 is 20.9 Å². The molecule has 0 unspecified atom stereocenters. The van der Waals surface area contributed by atoms with Crippen LogP contribution in [-0.2, 0) is 6.42 Å². The van der Waals surface area contributed by atoms with E-state index in [1.165, 1.54) is 5.00 Å². The Labute approximate surface area is 171 Å². The zero-order chi connectivity index (χ0) is 19.8. The first-order chi connectivity index (χ1) is 13.7. The van der Waals surface area contributed by atoms with Gasteiger partial charge in [0, 0.05) is 45.3 Å². The van der Waals surface area contributed by atoms with Gasteiger partial charge in [-0.2, -0.15) is 0 Å². The molecule has 1 saturated heterocycles. The molecule has 150 valence electrons. The third kappa shape index (κ3) is 5.48. The van der Waals surface area contributed by atoms with Gasteiger partial charge in [0.05, 0.1) is 5.00 Å². The number of nitrogens with one attached hydrogen (secondary N) is 3. The molecule has 1 aliphatic rings. The molecule has 1 aromatic carbocycles. The van der Waals surface area contributed by atoms with Gasteiger partial charge in [-0.15, -0.1) is 11.3 Å². The van der Waals surface area contributed by atoms with Crippen LogP contribution in [0.4, 0.5) is 5.00 Å². The zero-order valence-electron chi connectivity index (χ0n) is 16.6. The standard InChI is InChI=1S/C21H29N5OS/c1-22-20(27)17-6-3-5-16(15-17)8-11-24-21(23-2)25-18-9-12-26(13-10-18)19-7-4-14-28-19/h3-7,14-15,18H,8-13H2,1-2H3,(H,22,27)(H2,23,24,25). The van der Waals surface area contributed by atoms with Crippen LogP contribution >= 0.6 is 11.3 Å². The van der Waals surface area contributed by atoms with Crippen LogP contribution < -0.4 is 20.9 Å². The average Bonchev–Trinajstić information content (AvgIpc) is 3.28. The molecule has 0 aliphatic carbocycles. The van der Waals surface area contributed by atoms with Crippen LogP contribution in [0.5, 0.6) is 0 Å². The van der Waals surface area contributed by atoms with Crippen molar-refractivity contribution < 1.29 is 4.79 Å². The van der Waals surface area contributed by atoms with Crippen molar-refractivity contribution in [3.63, 3.8) is 0 Å². The lowest BCUT2D eigenvalue weighted by atomic mass is 10.1. The molecule has 0 saturated carbocycles. The zero-order valence-corrected chi connectivity index (χ0v) is 17.4. The van der Waals surface area contributed by atoms with E-state index in [2.05, 4.69) is 43.4 Å².